The zero-order chi connectivity index (χ0) is 18.8. The third-order valence-corrected chi connectivity index (χ3v) is 4.74. The molecule has 3 aromatic rings. The Bertz CT molecular complexity index is 1020. The van der Waals surface area contributed by atoms with Crippen LogP contribution >= 0.6 is 22.6 Å². The van der Waals surface area contributed by atoms with Gasteiger partial charge in [-0.3, -0.25) is 9.59 Å². The van der Waals surface area contributed by atoms with Gasteiger partial charge in [-0.1, -0.05) is 26.0 Å². The lowest BCUT2D eigenvalue weighted by molar-refractivity contribution is 0.102. The summed E-state index contributed by atoms with van der Waals surface area (Å²) in [6.45, 7) is 4.46. The average molecular weight is 462 g/mol. The molecule has 5 nitrogen and oxygen atoms in total. The molecule has 0 unspecified atom stereocenters. The van der Waals surface area contributed by atoms with Crippen LogP contribution in [0.5, 0.6) is 5.75 Å². The van der Waals surface area contributed by atoms with E-state index < -0.39 is 11.5 Å². The molecule has 0 saturated carbocycles. The summed E-state index contributed by atoms with van der Waals surface area (Å²) in [6.07, 6.45) is 0. The molecule has 0 radical (unpaired) electrons. The molecule has 1 heterocycles. The molecule has 3 rings (SSSR count). The first-order valence-electron chi connectivity index (χ1n) is 8.30. The van der Waals surface area contributed by atoms with Crippen LogP contribution in [0, 0.1) is 9.49 Å². The van der Waals surface area contributed by atoms with Crippen molar-refractivity contribution in [3.63, 3.8) is 0 Å². The summed E-state index contributed by atoms with van der Waals surface area (Å²) in [5, 5.41) is 13.8. The Morgan fingerprint density at radius 2 is 1.81 bits per heavy atom. The van der Waals surface area contributed by atoms with Crippen molar-refractivity contribution in [1.82, 2.24) is 4.57 Å². The van der Waals surface area contributed by atoms with Crippen molar-refractivity contribution in [3.05, 3.63) is 68.0 Å². The fraction of sp³-hybridized carbons (Fsp3) is 0.200. The number of pyridine rings is 1. The molecule has 1 amide bonds. The van der Waals surface area contributed by atoms with E-state index in [4.69, 9.17) is 0 Å². The standard InChI is InChI=1S/C20H19IN2O3/c1-12(2)11-23-16-6-4-3-5-15(16)18(24)17(20(23)26)19(25)22-14-9-7-13(21)8-10-14/h3-10,12,24H,11H2,1-2H3,(H,22,25). The Morgan fingerprint density at radius 3 is 2.46 bits per heavy atom. The number of anilines is 1. The number of halogens is 1. The van der Waals surface area contributed by atoms with E-state index in [9.17, 15) is 14.7 Å². The van der Waals surface area contributed by atoms with Gasteiger partial charge >= 0.3 is 0 Å². The number of carbonyl (C=O) groups is 1. The molecule has 0 aliphatic heterocycles. The molecule has 0 spiro atoms. The number of fused-ring (bicyclic) bond motifs is 1. The summed E-state index contributed by atoms with van der Waals surface area (Å²) in [5.74, 6) is -0.682. The van der Waals surface area contributed by atoms with Gasteiger partial charge in [0.05, 0.1) is 5.52 Å². The fourth-order valence-electron chi connectivity index (χ4n) is 2.87. The lowest BCUT2D eigenvalue weighted by Gasteiger charge is -2.16. The van der Waals surface area contributed by atoms with Crippen molar-refractivity contribution in [1.29, 1.82) is 0 Å². The Labute approximate surface area is 164 Å². The van der Waals surface area contributed by atoms with Crippen molar-refractivity contribution >= 4 is 45.1 Å². The number of para-hydroxylation sites is 1. The molecule has 0 aliphatic carbocycles. The summed E-state index contributed by atoms with van der Waals surface area (Å²) in [7, 11) is 0. The van der Waals surface area contributed by atoms with Gasteiger partial charge in [-0.05, 0) is 64.9 Å². The van der Waals surface area contributed by atoms with Crippen molar-refractivity contribution in [3.8, 4) is 5.75 Å². The van der Waals surface area contributed by atoms with E-state index in [-0.39, 0.29) is 17.2 Å². The summed E-state index contributed by atoms with van der Waals surface area (Å²) < 4.78 is 2.59. The highest BCUT2D eigenvalue weighted by Crippen LogP contribution is 2.27. The maximum atomic E-state index is 13.0. The number of nitrogens with one attached hydrogen (secondary N) is 1. The van der Waals surface area contributed by atoms with Crippen LogP contribution in [-0.2, 0) is 6.54 Å². The van der Waals surface area contributed by atoms with Crippen LogP contribution < -0.4 is 10.9 Å². The molecule has 2 N–H and O–H groups in total. The molecule has 134 valence electrons. The third-order valence-electron chi connectivity index (χ3n) is 4.02. The summed E-state index contributed by atoms with van der Waals surface area (Å²) in [6, 6.07) is 14.3. The Hall–Kier alpha value is -2.35. The van der Waals surface area contributed by atoms with E-state index in [2.05, 4.69) is 27.9 Å². The predicted molar refractivity (Wildman–Crippen MR) is 112 cm³/mol. The van der Waals surface area contributed by atoms with E-state index in [0.717, 1.165) is 3.57 Å². The van der Waals surface area contributed by atoms with Gasteiger partial charge in [0.2, 0.25) is 0 Å². The summed E-state index contributed by atoms with van der Waals surface area (Å²) in [4.78, 5) is 25.7. The lowest BCUT2D eigenvalue weighted by atomic mass is 10.1. The number of nitrogens with zero attached hydrogens (tertiary/aromatic N) is 1. The molecule has 26 heavy (non-hydrogen) atoms. The van der Waals surface area contributed by atoms with Crippen molar-refractivity contribution < 1.29 is 9.90 Å². The second-order valence-corrected chi connectivity index (χ2v) is 7.76. The highest BCUT2D eigenvalue weighted by Gasteiger charge is 2.22. The molecule has 0 fully saturated rings. The van der Waals surface area contributed by atoms with Gasteiger partial charge in [-0.15, -0.1) is 0 Å². The highest BCUT2D eigenvalue weighted by molar-refractivity contribution is 14.1. The second kappa shape index (κ2) is 7.49. The smallest absolute Gasteiger partial charge is 0.267 e. The molecule has 0 saturated heterocycles. The number of carbonyl (C=O) groups excluding carboxylic acids is 1. The minimum Gasteiger partial charge on any atom is -0.506 e. The van der Waals surface area contributed by atoms with E-state index in [1.54, 1.807) is 34.9 Å². The zero-order valence-electron chi connectivity index (χ0n) is 14.5. The lowest BCUT2D eigenvalue weighted by Crippen LogP contribution is -2.31. The number of benzene rings is 2. The van der Waals surface area contributed by atoms with Gasteiger partial charge in [-0.25, -0.2) is 0 Å². The summed E-state index contributed by atoms with van der Waals surface area (Å²) in [5.41, 5.74) is 0.466. The maximum absolute atomic E-state index is 13.0. The predicted octanol–water partition coefficient (Wildman–Crippen LogP) is 4.22. The van der Waals surface area contributed by atoms with Gasteiger partial charge in [0.15, 0.2) is 0 Å². The molecule has 0 atom stereocenters. The maximum Gasteiger partial charge on any atom is 0.267 e. The SMILES string of the molecule is CC(C)Cn1c(=O)c(C(=O)Nc2ccc(I)cc2)c(O)c2ccccc21. The van der Waals surface area contributed by atoms with Gasteiger partial charge < -0.3 is 15.0 Å². The summed E-state index contributed by atoms with van der Waals surface area (Å²) >= 11 is 2.17. The van der Waals surface area contributed by atoms with E-state index in [0.29, 0.717) is 23.1 Å². The molecule has 1 aromatic heterocycles. The van der Waals surface area contributed by atoms with Crippen LogP contribution in [0.1, 0.15) is 24.2 Å². The molecular formula is C20H19IN2O3. The minimum absolute atomic E-state index is 0.216. The monoisotopic (exact) mass is 462 g/mol. The number of hydrogen-bond acceptors (Lipinski definition) is 3. The van der Waals surface area contributed by atoms with Crippen LogP contribution in [0.4, 0.5) is 5.69 Å². The quantitative estimate of drug-likeness (QED) is 0.571. The number of aromatic nitrogens is 1. The van der Waals surface area contributed by atoms with Crippen LogP contribution in [0.3, 0.4) is 0 Å². The van der Waals surface area contributed by atoms with Crippen LogP contribution in [0.15, 0.2) is 53.3 Å². The average Bonchev–Trinajstić information content (AvgIpc) is 2.60. The number of amides is 1. The van der Waals surface area contributed by atoms with Gasteiger partial charge in [0.1, 0.15) is 11.3 Å². The number of hydrogen-bond donors (Lipinski definition) is 2. The largest absolute Gasteiger partial charge is 0.506 e. The van der Waals surface area contributed by atoms with Crippen molar-refractivity contribution in [2.24, 2.45) is 5.92 Å². The molecule has 6 heteroatoms. The highest BCUT2D eigenvalue weighted by atomic mass is 127. The topological polar surface area (TPSA) is 71.3 Å². The Balaban J connectivity index is 2.14. The third kappa shape index (κ3) is 3.60. The first-order valence-corrected chi connectivity index (χ1v) is 9.37. The first kappa shape index (κ1) is 18.4. The van der Waals surface area contributed by atoms with Gasteiger partial charge in [-0.2, -0.15) is 0 Å². The van der Waals surface area contributed by atoms with Gasteiger partial charge in [0.25, 0.3) is 11.5 Å². The molecule has 0 aliphatic rings. The van der Waals surface area contributed by atoms with E-state index in [1.165, 1.54) is 0 Å². The zero-order valence-corrected chi connectivity index (χ0v) is 16.6. The van der Waals surface area contributed by atoms with Crippen LogP contribution in [0.25, 0.3) is 10.9 Å². The molecular weight excluding hydrogens is 443 g/mol. The fourth-order valence-corrected chi connectivity index (χ4v) is 3.23. The number of rotatable bonds is 4. The Morgan fingerprint density at radius 1 is 1.15 bits per heavy atom. The number of aromatic hydroxyl groups is 1. The van der Waals surface area contributed by atoms with Crippen molar-refractivity contribution in [2.45, 2.75) is 20.4 Å². The minimum atomic E-state index is -0.614. The second-order valence-electron chi connectivity index (χ2n) is 6.51. The molecule has 0 bridgehead atoms. The van der Waals surface area contributed by atoms with Gasteiger partial charge in [0, 0.05) is 21.2 Å². The first-order chi connectivity index (χ1) is 12.4. The normalized spacial score (nSPS) is 11.1. The van der Waals surface area contributed by atoms with E-state index >= 15 is 0 Å². The Kier molecular flexibility index (Phi) is 5.31. The van der Waals surface area contributed by atoms with Crippen molar-refractivity contribution in [2.75, 3.05) is 5.32 Å². The van der Waals surface area contributed by atoms with E-state index in [1.807, 2.05) is 32.0 Å². The van der Waals surface area contributed by atoms with Crippen LogP contribution in [-0.4, -0.2) is 15.6 Å². The molecule has 2 aromatic carbocycles. The van der Waals surface area contributed by atoms with Crippen LogP contribution in [0.2, 0.25) is 0 Å².